The van der Waals surface area contributed by atoms with Gasteiger partial charge in [-0.2, -0.15) is 5.10 Å². The number of hydrazine groups is 1. The van der Waals surface area contributed by atoms with E-state index in [1.54, 1.807) is 13.2 Å². The van der Waals surface area contributed by atoms with Gasteiger partial charge in [-0.25, -0.2) is 9.80 Å². The Balaban J connectivity index is 1.22. The number of piperazine rings is 1. The number of nitrogens with zero attached hydrogens (tertiary/aromatic N) is 3. The molecule has 3 aliphatic rings. The molecule has 2 saturated heterocycles. The Bertz CT molecular complexity index is 1310. The number of aromatic nitrogens is 2. The Morgan fingerprint density at radius 3 is 2.70 bits per heavy atom. The van der Waals surface area contributed by atoms with Gasteiger partial charge in [-0.3, -0.25) is 15.3 Å². The number of carbonyl (C=O) groups is 2. The highest BCUT2D eigenvalue weighted by Gasteiger charge is 2.35. The van der Waals surface area contributed by atoms with Crippen LogP contribution in [-0.2, 0) is 4.74 Å². The van der Waals surface area contributed by atoms with Crippen LogP contribution in [0.25, 0.3) is 22.5 Å². The monoisotopic (exact) mass is 501 g/mol. The highest BCUT2D eigenvalue weighted by atomic mass is 16.5. The molecule has 0 saturated carbocycles. The quantitative estimate of drug-likeness (QED) is 0.321. The maximum Gasteiger partial charge on any atom is 0.333 e. The number of nitrogens with one attached hydrogen (secondary N) is 4. The second-order valence-electron chi connectivity index (χ2n) is 9.67. The third kappa shape index (κ3) is 4.37. The third-order valence-corrected chi connectivity index (χ3v) is 7.41. The summed E-state index contributed by atoms with van der Waals surface area (Å²) in [6, 6.07) is 13.4. The Morgan fingerprint density at radius 1 is 1.11 bits per heavy atom. The fourth-order valence-electron chi connectivity index (χ4n) is 5.58. The van der Waals surface area contributed by atoms with Gasteiger partial charge in [0, 0.05) is 56.6 Å². The summed E-state index contributed by atoms with van der Waals surface area (Å²) in [6.45, 7) is 5.21. The number of ether oxygens (including phenoxy) is 1. The Morgan fingerprint density at radius 2 is 1.92 bits per heavy atom. The van der Waals surface area contributed by atoms with E-state index in [9.17, 15) is 9.59 Å². The number of hydrogen-bond donors (Lipinski definition) is 4. The molecule has 3 heterocycles. The third-order valence-electron chi connectivity index (χ3n) is 7.41. The van der Waals surface area contributed by atoms with Gasteiger partial charge in [0.25, 0.3) is 0 Å². The summed E-state index contributed by atoms with van der Waals surface area (Å²) in [5, 5.41) is 15.7. The molecular weight excluding hydrogens is 470 g/mol. The zero-order valence-electron chi connectivity index (χ0n) is 20.8. The van der Waals surface area contributed by atoms with E-state index in [-0.39, 0.29) is 17.9 Å². The lowest BCUT2D eigenvalue weighted by atomic mass is 10.0. The van der Waals surface area contributed by atoms with Gasteiger partial charge in [-0.15, -0.1) is 0 Å². The van der Waals surface area contributed by atoms with E-state index < -0.39 is 0 Å². The van der Waals surface area contributed by atoms with Crippen LogP contribution in [0.15, 0.2) is 42.5 Å². The second kappa shape index (κ2) is 9.97. The molecular formula is C27H31N7O3. The van der Waals surface area contributed by atoms with Crippen molar-refractivity contribution in [2.75, 3.05) is 56.7 Å². The average Bonchev–Trinajstić information content (AvgIpc) is 3.62. The van der Waals surface area contributed by atoms with Crippen LogP contribution in [0.4, 0.5) is 16.2 Å². The molecule has 6 rings (SSSR count). The molecule has 2 aromatic carbocycles. The summed E-state index contributed by atoms with van der Waals surface area (Å²) >= 11 is 0. The number of amides is 2. The Kier molecular flexibility index (Phi) is 6.37. The molecule has 1 aromatic heterocycles. The maximum atomic E-state index is 13.7. The molecule has 2 fully saturated rings. The van der Waals surface area contributed by atoms with Gasteiger partial charge in [0.1, 0.15) is 5.69 Å². The molecule has 37 heavy (non-hydrogen) atoms. The standard InChI is InChI=1S/C27H31N7O3/c1-37-16-19-4-3-13-34(19)32-27(36)29-21-6-2-5-20-22(21)26(35)23-24(30-31-25(20)23)17-7-9-18(10-8-17)33-14-11-28-12-15-33/h2,5-10,19,28H,3-4,11-16H2,1H3,(H,30,31)(H2,29,32,36)/t19-/m0/s1. The first-order valence-electron chi connectivity index (χ1n) is 12.8. The minimum Gasteiger partial charge on any atom is -0.383 e. The van der Waals surface area contributed by atoms with Gasteiger partial charge >= 0.3 is 6.03 Å². The number of carbonyl (C=O) groups excluding carboxylic acids is 2. The molecule has 0 bridgehead atoms. The molecule has 4 N–H and O–H groups in total. The molecule has 192 valence electrons. The number of anilines is 2. The van der Waals surface area contributed by atoms with Gasteiger partial charge in [0.15, 0.2) is 5.78 Å². The number of urea groups is 1. The van der Waals surface area contributed by atoms with E-state index >= 15 is 0 Å². The minimum atomic E-state index is -0.374. The normalized spacial score (nSPS) is 19.1. The average molecular weight is 502 g/mol. The number of fused-ring (bicyclic) bond motifs is 3. The first-order valence-corrected chi connectivity index (χ1v) is 12.8. The van der Waals surface area contributed by atoms with Crippen molar-refractivity contribution in [3.63, 3.8) is 0 Å². The van der Waals surface area contributed by atoms with Crippen molar-refractivity contribution in [3.05, 3.63) is 53.6 Å². The number of ketones is 1. The fourth-order valence-corrected chi connectivity index (χ4v) is 5.58. The van der Waals surface area contributed by atoms with Gasteiger partial charge in [0.2, 0.25) is 0 Å². The van der Waals surface area contributed by atoms with Gasteiger partial charge in [-0.05, 0) is 31.0 Å². The van der Waals surface area contributed by atoms with Crippen molar-refractivity contribution in [2.45, 2.75) is 18.9 Å². The van der Waals surface area contributed by atoms with Crippen molar-refractivity contribution >= 4 is 23.2 Å². The van der Waals surface area contributed by atoms with Crippen molar-refractivity contribution in [1.82, 2.24) is 25.9 Å². The molecule has 0 spiro atoms. The summed E-state index contributed by atoms with van der Waals surface area (Å²) < 4.78 is 5.27. The second-order valence-corrected chi connectivity index (χ2v) is 9.67. The number of H-pyrrole nitrogens is 1. The molecule has 2 aliphatic heterocycles. The molecule has 1 aliphatic carbocycles. The molecule has 3 aromatic rings. The highest BCUT2D eigenvalue weighted by molar-refractivity contribution is 6.26. The van der Waals surface area contributed by atoms with Crippen molar-refractivity contribution < 1.29 is 14.3 Å². The van der Waals surface area contributed by atoms with Crippen LogP contribution in [0.5, 0.6) is 0 Å². The minimum absolute atomic E-state index is 0.144. The predicted octanol–water partition coefficient (Wildman–Crippen LogP) is 2.84. The van der Waals surface area contributed by atoms with Crippen LogP contribution in [0.3, 0.4) is 0 Å². The SMILES string of the molecule is COC[C@@H]1CCCN1NC(=O)Nc1cccc2c1C(=O)c1c(-c3ccc(N4CCNCC4)cc3)n[nH]c1-2. The summed E-state index contributed by atoms with van der Waals surface area (Å²) in [5.74, 6) is -0.144. The first-order chi connectivity index (χ1) is 18.1. The van der Waals surface area contributed by atoms with Crippen molar-refractivity contribution in [3.8, 4) is 22.5 Å². The summed E-state index contributed by atoms with van der Waals surface area (Å²) in [6.07, 6.45) is 1.96. The number of methoxy groups -OCH3 is 1. The van der Waals surface area contributed by atoms with Crippen molar-refractivity contribution in [2.24, 2.45) is 0 Å². The smallest absolute Gasteiger partial charge is 0.333 e. The number of hydrogen-bond acceptors (Lipinski definition) is 7. The maximum absolute atomic E-state index is 13.7. The van der Waals surface area contributed by atoms with Crippen LogP contribution >= 0.6 is 0 Å². The molecule has 0 radical (unpaired) electrons. The molecule has 10 heteroatoms. The lowest BCUT2D eigenvalue weighted by molar-refractivity contribution is 0.0930. The van der Waals surface area contributed by atoms with E-state index in [0.717, 1.165) is 62.4 Å². The molecule has 10 nitrogen and oxygen atoms in total. The zero-order chi connectivity index (χ0) is 25.4. The zero-order valence-corrected chi connectivity index (χ0v) is 20.8. The Hall–Kier alpha value is -3.73. The fraction of sp³-hybridized carbons (Fsp3) is 0.370. The van der Waals surface area contributed by atoms with E-state index in [4.69, 9.17) is 4.74 Å². The lowest BCUT2D eigenvalue weighted by Gasteiger charge is -2.29. The topological polar surface area (TPSA) is 115 Å². The van der Waals surface area contributed by atoms with Crippen LogP contribution in [0, 0.1) is 0 Å². The van der Waals surface area contributed by atoms with Crippen LogP contribution in [-0.4, -0.2) is 79.5 Å². The number of rotatable bonds is 6. The molecule has 0 unspecified atom stereocenters. The number of aromatic amines is 1. The van der Waals surface area contributed by atoms with E-state index in [0.29, 0.717) is 34.8 Å². The van der Waals surface area contributed by atoms with Crippen LogP contribution in [0.1, 0.15) is 28.8 Å². The van der Waals surface area contributed by atoms with E-state index in [1.165, 1.54) is 0 Å². The Labute approximate surface area is 215 Å². The van der Waals surface area contributed by atoms with E-state index in [2.05, 4.69) is 43.3 Å². The first kappa shape index (κ1) is 23.7. The molecule has 2 amide bonds. The predicted molar refractivity (Wildman–Crippen MR) is 142 cm³/mol. The largest absolute Gasteiger partial charge is 0.383 e. The lowest BCUT2D eigenvalue weighted by Crippen LogP contribution is -2.48. The summed E-state index contributed by atoms with van der Waals surface area (Å²) in [7, 11) is 1.66. The highest BCUT2D eigenvalue weighted by Crippen LogP contribution is 2.43. The van der Waals surface area contributed by atoms with Gasteiger partial charge in [-0.1, -0.05) is 24.3 Å². The summed E-state index contributed by atoms with van der Waals surface area (Å²) in [5.41, 5.74) is 8.51. The van der Waals surface area contributed by atoms with Gasteiger partial charge in [0.05, 0.1) is 35.2 Å². The number of benzene rings is 2. The summed E-state index contributed by atoms with van der Waals surface area (Å²) in [4.78, 5) is 28.9. The van der Waals surface area contributed by atoms with E-state index in [1.807, 2.05) is 29.3 Å². The van der Waals surface area contributed by atoms with Crippen molar-refractivity contribution in [1.29, 1.82) is 0 Å². The van der Waals surface area contributed by atoms with Crippen LogP contribution in [0.2, 0.25) is 0 Å². The van der Waals surface area contributed by atoms with Crippen LogP contribution < -0.4 is 21.0 Å². The molecule has 1 atom stereocenters. The van der Waals surface area contributed by atoms with Gasteiger partial charge < -0.3 is 20.3 Å².